The minimum atomic E-state index is -0.429. The molecule has 0 aromatic heterocycles. The molecule has 0 radical (unpaired) electrons. The molecule has 6 nitrogen and oxygen atoms in total. The van der Waals surface area contributed by atoms with Gasteiger partial charge in [0.2, 0.25) is 5.91 Å². The van der Waals surface area contributed by atoms with Crippen LogP contribution in [-0.4, -0.2) is 55.5 Å². The molecule has 1 aromatic carbocycles. The highest BCUT2D eigenvalue weighted by Gasteiger charge is 2.14. The van der Waals surface area contributed by atoms with Gasteiger partial charge >= 0.3 is 6.09 Å². The molecule has 1 aliphatic heterocycles. The largest absolute Gasteiger partial charge is 0.414 e. The molecule has 6 heteroatoms. The predicted octanol–water partition coefficient (Wildman–Crippen LogP) is 2.17. The molecule has 1 aromatic rings. The smallest absolute Gasteiger partial charge is 0.410 e. The van der Waals surface area contributed by atoms with E-state index in [4.69, 9.17) is 4.74 Å². The summed E-state index contributed by atoms with van der Waals surface area (Å²) in [7, 11) is 3.25. The van der Waals surface area contributed by atoms with Gasteiger partial charge in [-0.1, -0.05) is 6.42 Å². The Morgan fingerprint density at radius 1 is 1.14 bits per heavy atom. The van der Waals surface area contributed by atoms with Gasteiger partial charge in [-0.2, -0.15) is 0 Å². The zero-order chi connectivity index (χ0) is 15.9. The van der Waals surface area contributed by atoms with Crippen molar-refractivity contribution in [3.05, 3.63) is 24.3 Å². The summed E-state index contributed by atoms with van der Waals surface area (Å²) in [6, 6.07) is 6.79. The fraction of sp³-hybridized carbons (Fsp3) is 0.500. The van der Waals surface area contributed by atoms with Crippen molar-refractivity contribution < 1.29 is 14.3 Å². The highest BCUT2D eigenvalue weighted by atomic mass is 16.6. The van der Waals surface area contributed by atoms with Crippen LogP contribution in [0.25, 0.3) is 0 Å². The minimum absolute atomic E-state index is 0.0139. The highest BCUT2D eigenvalue weighted by Crippen LogP contribution is 2.16. The molecule has 1 heterocycles. The van der Waals surface area contributed by atoms with Crippen molar-refractivity contribution in [3.8, 4) is 5.75 Å². The highest BCUT2D eigenvalue weighted by molar-refractivity contribution is 5.92. The number of piperidine rings is 1. The SMILES string of the molecule is CN(C)C(=O)Oc1ccc(NC(=O)CN2CCCCC2)cc1. The molecule has 1 N–H and O–H groups in total. The molecule has 22 heavy (non-hydrogen) atoms. The zero-order valence-electron chi connectivity index (χ0n) is 13.2. The second-order valence-electron chi connectivity index (χ2n) is 5.67. The predicted molar refractivity (Wildman–Crippen MR) is 85.1 cm³/mol. The molecule has 0 saturated carbocycles. The van der Waals surface area contributed by atoms with E-state index in [-0.39, 0.29) is 5.91 Å². The summed E-state index contributed by atoms with van der Waals surface area (Å²) < 4.78 is 5.12. The van der Waals surface area contributed by atoms with E-state index in [1.54, 1.807) is 38.4 Å². The number of likely N-dealkylation sites (tertiary alicyclic amines) is 1. The number of rotatable bonds is 4. The first kappa shape index (κ1) is 16.3. The Balaban J connectivity index is 1.82. The van der Waals surface area contributed by atoms with Crippen molar-refractivity contribution >= 4 is 17.7 Å². The van der Waals surface area contributed by atoms with Crippen LogP contribution in [0.4, 0.5) is 10.5 Å². The van der Waals surface area contributed by atoms with Crippen LogP contribution in [0.3, 0.4) is 0 Å². The third kappa shape index (κ3) is 5.04. The lowest BCUT2D eigenvalue weighted by atomic mass is 10.1. The summed E-state index contributed by atoms with van der Waals surface area (Å²) in [5, 5.41) is 2.86. The Morgan fingerprint density at radius 2 is 1.77 bits per heavy atom. The summed E-state index contributed by atoms with van der Waals surface area (Å²) in [6.45, 7) is 2.41. The second kappa shape index (κ2) is 7.79. The molecule has 0 bridgehead atoms. The first-order valence-electron chi connectivity index (χ1n) is 7.56. The number of amides is 2. The Hall–Kier alpha value is -2.08. The van der Waals surface area contributed by atoms with Crippen LogP contribution in [0.5, 0.6) is 5.75 Å². The number of nitrogens with zero attached hydrogens (tertiary/aromatic N) is 2. The molecule has 2 amide bonds. The summed E-state index contributed by atoms with van der Waals surface area (Å²) in [5.41, 5.74) is 0.701. The maximum atomic E-state index is 12.0. The normalized spacial score (nSPS) is 15.2. The van der Waals surface area contributed by atoms with Gasteiger partial charge in [-0.25, -0.2) is 4.79 Å². The molecule has 1 aliphatic rings. The summed E-state index contributed by atoms with van der Waals surface area (Å²) in [4.78, 5) is 26.9. The number of carbonyl (C=O) groups excluding carboxylic acids is 2. The number of anilines is 1. The average Bonchev–Trinajstić information content (AvgIpc) is 2.50. The van der Waals surface area contributed by atoms with Crippen molar-refractivity contribution in [2.75, 3.05) is 39.0 Å². The third-order valence-electron chi connectivity index (χ3n) is 3.52. The molecular weight excluding hydrogens is 282 g/mol. The minimum Gasteiger partial charge on any atom is -0.410 e. The van der Waals surface area contributed by atoms with Gasteiger partial charge in [-0.15, -0.1) is 0 Å². The lowest BCUT2D eigenvalue weighted by molar-refractivity contribution is -0.117. The first-order chi connectivity index (χ1) is 10.5. The monoisotopic (exact) mass is 305 g/mol. The summed E-state index contributed by atoms with van der Waals surface area (Å²) in [6.07, 6.45) is 3.16. The fourth-order valence-electron chi connectivity index (χ4n) is 2.32. The van der Waals surface area contributed by atoms with E-state index in [1.807, 2.05) is 0 Å². The first-order valence-corrected chi connectivity index (χ1v) is 7.56. The molecule has 1 saturated heterocycles. The molecule has 0 aliphatic carbocycles. The van der Waals surface area contributed by atoms with Gasteiger partial charge in [0.05, 0.1) is 6.54 Å². The number of nitrogens with one attached hydrogen (secondary N) is 1. The van der Waals surface area contributed by atoms with Gasteiger partial charge in [-0.3, -0.25) is 9.69 Å². The van der Waals surface area contributed by atoms with Gasteiger partial charge in [-0.05, 0) is 50.2 Å². The van der Waals surface area contributed by atoms with Crippen LogP contribution >= 0.6 is 0 Å². The van der Waals surface area contributed by atoms with E-state index in [0.717, 1.165) is 13.1 Å². The summed E-state index contributed by atoms with van der Waals surface area (Å²) >= 11 is 0. The van der Waals surface area contributed by atoms with E-state index in [2.05, 4.69) is 10.2 Å². The van der Waals surface area contributed by atoms with Crippen LogP contribution in [-0.2, 0) is 4.79 Å². The van der Waals surface area contributed by atoms with Gasteiger partial charge in [0.15, 0.2) is 0 Å². The number of carbonyl (C=O) groups is 2. The van der Waals surface area contributed by atoms with Gasteiger partial charge < -0.3 is 15.0 Å². The Kier molecular flexibility index (Phi) is 5.77. The second-order valence-corrected chi connectivity index (χ2v) is 5.67. The van der Waals surface area contributed by atoms with Crippen LogP contribution < -0.4 is 10.1 Å². The van der Waals surface area contributed by atoms with Crippen LogP contribution in [0, 0.1) is 0 Å². The summed E-state index contributed by atoms with van der Waals surface area (Å²) in [5.74, 6) is 0.438. The molecule has 120 valence electrons. The Morgan fingerprint density at radius 3 is 2.36 bits per heavy atom. The lowest BCUT2D eigenvalue weighted by Crippen LogP contribution is -2.36. The molecule has 0 spiro atoms. The average molecular weight is 305 g/mol. The number of hydrogen-bond donors (Lipinski definition) is 1. The fourth-order valence-corrected chi connectivity index (χ4v) is 2.32. The van der Waals surface area contributed by atoms with Gasteiger partial charge in [0.1, 0.15) is 5.75 Å². The van der Waals surface area contributed by atoms with Crippen molar-refractivity contribution in [1.29, 1.82) is 0 Å². The molecule has 0 unspecified atom stereocenters. The lowest BCUT2D eigenvalue weighted by Gasteiger charge is -2.25. The van der Waals surface area contributed by atoms with Crippen molar-refractivity contribution in [3.63, 3.8) is 0 Å². The molecule has 2 rings (SSSR count). The van der Waals surface area contributed by atoms with Gasteiger partial charge in [0.25, 0.3) is 0 Å². The molecule has 1 fully saturated rings. The van der Waals surface area contributed by atoms with E-state index in [1.165, 1.54) is 24.2 Å². The van der Waals surface area contributed by atoms with Crippen LogP contribution in [0.2, 0.25) is 0 Å². The van der Waals surface area contributed by atoms with Crippen LogP contribution in [0.15, 0.2) is 24.3 Å². The van der Waals surface area contributed by atoms with E-state index in [0.29, 0.717) is 18.0 Å². The number of ether oxygens (including phenoxy) is 1. The van der Waals surface area contributed by atoms with Gasteiger partial charge in [0, 0.05) is 19.8 Å². The van der Waals surface area contributed by atoms with Crippen molar-refractivity contribution in [2.24, 2.45) is 0 Å². The van der Waals surface area contributed by atoms with Crippen molar-refractivity contribution in [1.82, 2.24) is 9.80 Å². The Labute approximate surface area is 131 Å². The van der Waals surface area contributed by atoms with E-state index in [9.17, 15) is 9.59 Å². The standard InChI is InChI=1S/C16H23N3O3/c1-18(2)16(21)22-14-8-6-13(7-9-14)17-15(20)12-19-10-4-3-5-11-19/h6-9H,3-5,10-12H2,1-2H3,(H,17,20). The quantitative estimate of drug-likeness (QED) is 0.926. The topological polar surface area (TPSA) is 61.9 Å². The maximum Gasteiger partial charge on any atom is 0.414 e. The zero-order valence-corrected chi connectivity index (χ0v) is 13.2. The third-order valence-corrected chi connectivity index (χ3v) is 3.52. The Bertz CT molecular complexity index is 508. The van der Waals surface area contributed by atoms with E-state index < -0.39 is 6.09 Å². The molecular formula is C16H23N3O3. The number of hydrogen-bond acceptors (Lipinski definition) is 4. The number of benzene rings is 1. The maximum absolute atomic E-state index is 12.0. The van der Waals surface area contributed by atoms with Crippen LogP contribution in [0.1, 0.15) is 19.3 Å². The van der Waals surface area contributed by atoms with Crippen molar-refractivity contribution in [2.45, 2.75) is 19.3 Å². The molecule has 0 atom stereocenters. The van der Waals surface area contributed by atoms with E-state index >= 15 is 0 Å².